The van der Waals surface area contributed by atoms with Gasteiger partial charge in [0.2, 0.25) is 0 Å². The number of ether oxygens (including phenoxy) is 1. The van der Waals surface area contributed by atoms with E-state index in [1.807, 2.05) is 5.38 Å². The Morgan fingerprint density at radius 1 is 1.69 bits per heavy atom. The monoisotopic (exact) mass is 259 g/mol. The molecule has 0 aliphatic carbocycles. The van der Waals surface area contributed by atoms with Crippen LogP contribution in [0.3, 0.4) is 0 Å². The molecule has 88 valence electrons. The van der Waals surface area contributed by atoms with Crippen LogP contribution >= 0.6 is 22.9 Å². The molecule has 0 bridgehead atoms. The van der Waals surface area contributed by atoms with E-state index >= 15 is 0 Å². The molecule has 0 aromatic carbocycles. The number of hydrogen-bond acceptors (Lipinski definition) is 3. The molecule has 16 heavy (non-hydrogen) atoms. The Kier molecular flexibility index (Phi) is 4.21. The van der Waals surface area contributed by atoms with E-state index in [4.69, 9.17) is 16.3 Å². The Bertz CT molecular complexity index is 361. The van der Waals surface area contributed by atoms with E-state index in [1.165, 1.54) is 11.3 Å². The molecule has 1 aliphatic heterocycles. The number of carbonyl (C=O) groups excluding carboxylic acids is 1. The van der Waals surface area contributed by atoms with Gasteiger partial charge in [-0.15, -0.1) is 11.3 Å². The Hall–Kier alpha value is -0.580. The molecule has 2 heterocycles. The van der Waals surface area contributed by atoms with Crippen molar-refractivity contribution in [2.75, 3.05) is 19.8 Å². The zero-order chi connectivity index (χ0) is 11.4. The third-order valence-electron chi connectivity index (χ3n) is 2.63. The summed E-state index contributed by atoms with van der Waals surface area (Å²) >= 11 is 7.25. The van der Waals surface area contributed by atoms with E-state index in [0.29, 0.717) is 22.4 Å². The van der Waals surface area contributed by atoms with Crippen molar-refractivity contribution in [3.63, 3.8) is 0 Å². The fourth-order valence-corrected chi connectivity index (χ4v) is 2.80. The van der Waals surface area contributed by atoms with Crippen molar-refractivity contribution in [3.05, 3.63) is 21.3 Å². The number of carbonyl (C=O) groups is 1. The summed E-state index contributed by atoms with van der Waals surface area (Å²) in [6, 6.07) is 1.74. The second kappa shape index (κ2) is 5.66. The summed E-state index contributed by atoms with van der Waals surface area (Å²) in [7, 11) is 0. The van der Waals surface area contributed by atoms with Crippen LogP contribution in [0.15, 0.2) is 11.4 Å². The highest BCUT2D eigenvalue weighted by Crippen LogP contribution is 2.21. The maximum absolute atomic E-state index is 11.7. The molecule has 1 aromatic rings. The number of halogens is 1. The highest BCUT2D eigenvalue weighted by Gasteiger charge is 2.16. The van der Waals surface area contributed by atoms with Crippen molar-refractivity contribution in [1.82, 2.24) is 5.32 Å². The van der Waals surface area contributed by atoms with Crippen LogP contribution in [0.4, 0.5) is 0 Å². The van der Waals surface area contributed by atoms with Crippen molar-refractivity contribution in [3.8, 4) is 0 Å². The largest absolute Gasteiger partial charge is 0.381 e. The van der Waals surface area contributed by atoms with Gasteiger partial charge in [-0.1, -0.05) is 11.6 Å². The van der Waals surface area contributed by atoms with Crippen LogP contribution < -0.4 is 5.32 Å². The summed E-state index contributed by atoms with van der Waals surface area (Å²) < 4.78 is 5.35. The normalized spacial score (nSPS) is 20.7. The lowest BCUT2D eigenvalue weighted by Crippen LogP contribution is -2.32. The third kappa shape index (κ3) is 2.97. The smallest absolute Gasteiger partial charge is 0.262 e. The van der Waals surface area contributed by atoms with Crippen molar-refractivity contribution in [2.45, 2.75) is 12.8 Å². The van der Waals surface area contributed by atoms with Crippen LogP contribution in [-0.2, 0) is 4.74 Å². The molecule has 1 aromatic heterocycles. The third-order valence-corrected chi connectivity index (χ3v) is 3.97. The maximum atomic E-state index is 11.7. The van der Waals surface area contributed by atoms with Crippen LogP contribution in [-0.4, -0.2) is 25.7 Å². The van der Waals surface area contributed by atoms with Gasteiger partial charge in [0, 0.05) is 13.2 Å². The predicted molar refractivity (Wildman–Crippen MR) is 65.2 cm³/mol. The molecule has 2 rings (SSSR count). The standard InChI is InChI=1S/C11H14ClNO2S/c12-9-3-5-16-10(9)11(14)13-6-8-2-1-4-15-7-8/h3,5,8H,1-2,4,6-7H2,(H,13,14)/t8-/m1/s1. The zero-order valence-corrected chi connectivity index (χ0v) is 10.4. The number of amides is 1. The van der Waals surface area contributed by atoms with E-state index in [9.17, 15) is 4.79 Å². The lowest BCUT2D eigenvalue weighted by Gasteiger charge is -2.22. The molecular weight excluding hydrogens is 246 g/mol. The van der Waals surface area contributed by atoms with Gasteiger partial charge in [0.25, 0.3) is 5.91 Å². The molecule has 1 fully saturated rings. The average molecular weight is 260 g/mol. The van der Waals surface area contributed by atoms with E-state index in [0.717, 1.165) is 26.1 Å². The molecule has 1 atom stereocenters. The maximum Gasteiger partial charge on any atom is 0.262 e. The Morgan fingerprint density at radius 2 is 2.56 bits per heavy atom. The molecule has 0 radical (unpaired) electrons. The quantitative estimate of drug-likeness (QED) is 0.906. The van der Waals surface area contributed by atoms with Crippen LogP contribution in [0, 0.1) is 5.92 Å². The summed E-state index contributed by atoms with van der Waals surface area (Å²) in [5.74, 6) is 0.363. The van der Waals surface area contributed by atoms with E-state index < -0.39 is 0 Å². The highest BCUT2D eigenvalue weighted by molar-refractivity contribution is 7.12. The number of thiophene rings is 1. The molecule has 0 unspecified atom stereocenters. The van der Waals surface area contributed by atoms with Gasteiger partial charge in [-0.2, -0.15) is 0 Å². The molecule has 0 saturated carbocycles. The molecule has 5 heteroatoms. The Morgan fingerprint density at radius 3 is 3.19 bits per heavy atom. The van der Waals surface area contributed by atoms with Gasteiger partial charge in [0.15, 0.2) is 0 Å². The molecule has 0 spiro atoms. The fourth-order valence-electron chi connectivity index (χ4n) is 1.74. The Labute approximate surface area is 104 Å². The van der Waals surface area contributed by atoms with Gasteiger partial charge < -0.3 is 10.1 Å². The minimum atomic E-state index is -0.0782. The molecule has 1 saturated heterocycles. The van der Waals surface area contributed by atoms with E-state index in [1.54, 1.807) is 6.07 Å². The summed E-state index contributed by atoms with van der Waals surface area (Å²) in [5, 5.41) is 5.25. The van der Waals surface area contributed by atoms with Crippen molar-refractivity contribution in [2.24, 2.45) is 5.92 Å². The minimum Gasteiger partial charge on any atom is -0.381 e. The van der Waals surface area contributed by atoms with Gasteiger partial charge >= 0.3 is 0 Å². The Balaban J connectivity index is 1.81. The highest BCUT2D eigenvalue weighted by atomic mass is 35.5. The minimum absolute atomic E-state index is 0.0782. The summed E-state index contributed by atoms with van der Waals surface area (Å²) in [5.41, 5.74) is 0. The van der Waals surface area contributed by atoms with Crippen LogP contribution in [0.25, 0.3) is 0 Å². The first-order chi connectivity index (χ1) is 7.77. The second-order valence-corrected chi connectivity index (χ2v) is 5.21. The van der Waals surface area contributed by atoms with Gasteiger partial charge in [0.1, 0.15) is 4.88 Å². The zero-order valence-electron chi connectivity index (χ0n) is 8.87. The van der Waals surface area contributed by atoms with Gasteiger partial charge in [0.05, 0.1) is 11.6 Å². The van der Waals surface area contributed by atoms with Crippen molar-refractivity contribution in [1.29, 1.82) is 0 Å². The predicted octanol–water partition coefficient (Wildman–Crippen LogP) is 2.56. The van der Waals surface area contributed by atoms with Crippen LogP contribution in [0.2, 0.25) is 5.02 Å². The number of rotatable bonds is 3. The van der Waals surface area contributed by atoms with E-state index in [2.05, 4.69) is 5.32 Å². The molecular formula is C11H14ClNO2S. The van der Waals surface area contributed by atoms with Crippen molar-refractivity contribution >= 4 is 28.8 Å². The molecule has 1 amide bonds. The van der Waals surface area contributed by atoms with Gasteiger partial charge in [-0.25, -0.2) is 0 Å². The average Bonchev–Trinajstić information content (AvgIpc) is 2.74. The molecule has 1 N–H and O–H groups in total. The SMILES string of the molecule is O=C(NC[C@H]1CCCOC1)c1sccc1Cl. The van der Waals surface area contributed by atoms with Gasteiger partial charge in [-0.3, -0.25) is 4.79 Å². The second-order valence-electron chi connectivity index (χ2n) is 3.89. The molecule has 1 aliphatic rings. The molecule has 3 nitrogen and oxygen atoms in total. The van der Waals surface area contributed by atoms with E-state index in [-0.39, 0.29) is 5.91 Å². The fraction of sp³-hybridized carbons (Fsp3) is 0.545. The summed E-state index contributed by atoms with van der Waals surface area (Å²) in [6.07, 6.45) is 2.21. The first kappa shape index (κ1) is 11.9. The topological polar surface area (TPSA) is 38.3 Å². The van der Waals surface area contributed by atoms with Crippen molar-refractivity contribution < 1.29 is 9.53 Å². The summed E-state index contributed by atoms with van der Waals surface area (Å²) in [4.78, 5) is 12.3. The lowest BCUT2D eigenvalue weighted by atomic mass is 10.0. The number of hydrogen-bond donors (Lipinski definition) is 1. The summed E-state index contributed by atoms with van der Waals surface area (Å²) in [6.45, 7) is 2.27. The number of nitrogens with one attached hydrogen (secondary N) is 1. The first-order valence-electron chi connectivity index (χ1n) is 5.36. The van der Waals surface area contributed by atoms with Crippen LogP contribution in [0.5, 0.6) is 0 Å². The van der Waals surface area contributed by atoms with Gasteiger partial charge in [-0.05, 0) is 30.2 Å². The lowest BCUT2D eigenvalue weighted by molar-refractivity contribution is 0.0536. The first-order valence-corrected chi connectivity index (χ1v) is 6.62. The van der Waals surface area contributed by atoms with Crippen LogP contribution in [0.1, 0.15) is 22.5 Å².